The van der Waals surface area contributed by atoms with Crippen molar-refractivity contribution in [2.75, 3.05) is 0 Å². The van der Waals surface area contributed by atoms with Crippen molar-refractivity contribution in [2.45, 2.75) is 12.9 Å². The molecule has 0 bridgehead atoms. The topological polar surface area (TPSA) is 71.6 Å². The molecule has 0 aromatic carbocycles. The maximum atomic E-state index is 9.94. The summed E-state index contributed by atoms with van der Waals surface area (Å²) in [5.74, 6) is -1.52. The first kappa shape index (κ1) is 7.04. The van der Waals surface area contributed by atoms with Gasteiger partial charge in [-0.25, -0.2) is 4.79 Å². The van der Waals surface area contributed by atoms with E-state index in [1.807, 2.05) is 0 Å². The van der Waals surface area contributed by atoms with Crippen LogP contribution in [-0.4, -0.2) is 17.2 Å². The van der Waals surface area contributed by atoms with Gasteiger partial charge in [0.25, 0.3) is 0 Å². The summed E-state index contributed by atoms with van der Waals surface area (Å²) in [6.07, 6.45) is -1.46. The minimum Gasteiger partial charge on any atom is -0.450 e. The third-order valence-electron chi connectivity index (χ3n) is 0.979. The molecule has 1 heterocycles. The molecule has 0 amide bonds. The summed E-state index contributed by atoms with van der Waals surface area (Å²) in [4.78, 5) is 18.5. The van der Waals surface area contributed by atoms with Gasteiger partial charge in [0.1, 0.15) is 0 Å². The minimum atomic E-state index is -1.52. The third-order valence-corrected chi connectivity index (χ3v) is 0.979. The zero-order valence-electron chi connectivity index (χ0n) is 5.29. The predicted molar refractivity (Wildman–Crippen MR) is 28.8 cm³/mol. The van der Waals surface area contributed by atoms with Crippen LogP contribution in [0.3, 0.4) is 0 Å². The molecule has 5 nitrogen and oxygen atoms in total. The smallest absolute Gasteiger partial charge is 0.450 e. The molecule has 0 unspecified atom stereocenters. The number of hydrogen-bond donors (Lipinski definition) is 1. The molecular weight excluding hydrogens is 140 g/mol. The maximum Gasteiger partial charge on any atom is 0.510 e. The Morgan fingerprint density at radius 3 is 2.30 bits per heavy atom. The van der Waals surface area contributed by atoms with Gasteiger partial charge in [-0.1, -0.05) is 6.58 Å². The minimum absolute atomic E-state index is 0.356. The van der Waals surface area contributed by atoms with E-state index in [0.717, 1.165) is 0 Å². The van der Waals surface area contributed by atoms with Crippen LogP contribution in [0.4, 0.5) is 4.79 Å². The van der Waals surface area contributed by atoms with Crippen LogP contribution in [0.1, 0.15) is 6.92 Å². The maximum absolute atomic E-state index is 9.94. The number of rotatable bonds is 2. The Morgan fingerprint density at radius 2 is 2.20 bits per heavy atom. The second-order valence-corrected chi connectivity index (χ2v) is 1.87. The van der Waals surface area contributed by atoms with E-state index in [-0.39, 0.29) is 0 Å². The molecular formula is C5H6O5. The molecule has 0 saturated carbocycles. The van der Waals surface area contributed by atoms with Crippen LogP contribution in [0.2, 0.25) is 0 Å². The fourth-order valence-corrected chi connectivity index (χ4v) is 0.416. The molecule has 1 saturated heterocycles. The number of ether oxygens (including phenoxy) is 1. The average molecular weight is 146 g/mol. The van der Waals surface area contributed by atoms with Gasteiger partial charge in [-0.3, -0.25) is 0 Å². The normalized spacial score (nSPS) is 19.7. The van der Waals surface area contributed by atoms with Gasteiger partial charge in [-0.05, 0) is 6.92 Å². The van der Waals surface area contributed by atoms with E-state index in [0.29, 0.717) is 5.57 Å². The SMILES string of the molecule is C=C(C)C1(OC(=O)O)OO1. The predicted octanol–water partition coefficient (Wildman–Crippen LogP) is 0.873. The van der Waals surface area contributed by atoms with Crippen molar-refractivity contribution in [3.8, 4) is 0 Å². The largest absolute Gasteiger partial charge is 0.510 e. The van der Waals surface area contributed by atoms with Gasteiger partial charge in [-0.15, -0.1) is 9.78 Å². The summed E-state index contributed by atoms with van der Waals surface area (Å²) in [6, 6.07) is 0. The Kier molecular flexibility index (Phi) is 1.38. The zero-order chi connectivity index (χ0) is 7.78. The monoisotopic (exact) mass is 146 g/mol. The van der Waals surface area contributed by atoms with E-state index in [9.17, 15) is 4.79 Å². The van der Waals surface area contributed by atoms with Crippen molar-refractivity contribution in [3.05, 3.63) is 12.2 Å². The Morgan fingerprint density at radius 1 is 1.70 bits per heavy atom. The van der Waals surface area contributed by atoms with E-state index in [1.54, 1.807) is 0 Å². The molecule has 1 rings (SSSR count). The highest BCUT2D eigenvalue weighted by Crippen LogP contribution is 2.37. The van der Waals surface area contributed by atoms with E-state index in [4.69, 9.17) is 5.11 Å². The van der Waals surface area contributed by atoms with Crippen LogP contribution in [0, 0.1) is 0 Å². The lowest BCUT2D eigenvalue weighted by atomic mass is 10.3. The van der Waals surface area contributed by atoms with Crippen molar-refractivity contribution in [2.24, 2.45) is 0 Å². The molecule has 0 radical (unpaired) electrons. The molecule has 0 atom stereocenters. The molecule has 0 aromatic rings. The molecule has 1 aliphatic heterocycles. The van der Waals surface area contributed by atoms with E-state index >= 15 is 0 Å². The highest BCUT2D eigenvalue weighted by molar-refractivity contribution is 5.57. The Labute approximate surface area is 56.7 Å². The van der Waals surface area contributed by atoms with Gasteiger partial charge in [0, 0.05) is 5.57 Å². The summed E-state index contributed by atoms with van der Waals surface area (Å²) in [5.41, 5.74) is 0.356. The highest BCUT2D eigenvalue weighted by atomic mass is 17.5. The standard InChI is InChI=1S/C5H6O5/c1-3(2)5(9-10-5)8-4(6)7/h1H2,2H3,(H,6,7). The lowest BCUT2D eigenvalue weighted by molar-refractivity contribution is -0.00206. The van der Waals surface area contributed by atoms with Crippen molar-refractivity contribution < 1.29 is 24.4 Å². The van der Waals surface area contributed by atoms with E-state index in [2.05, 4.69) is 21.1 Å². The van der Waals surface area contributed by atoms with Crippen molar-refractivity contribution in [1.29, 1.82) is 0 Å². The van der Waals surface area contributed by atoms with Crippen molar-refractivity contribution in [3.63, 3.8) is 0 Å². The first-order chi connectivity index (χ1) is 4.57. The first-order valence-electron chi connectivity index (χ1n) is 2.51. The Hall–Kier alpha value is -1.07. The molecule has 1 N–H and O–H groups in total. The molecule has 56 valence electrons. The van der Waals surface area contributed by atoms with E-state index in [1.165, 1.54) is 6.92 Å². The van der Waals surface area contributed by atoms with E-state index < -0.39 is 12.1 Å². The molecule has 5 heteroatoms. The van der Waals surface area contributed by atoms with Gasteiger partial charge in [0.15, 0.2) is 0 Å². The van der Waals surface area contributed by atoms with Crippen LogP contribution in [0.25, 0.3) is 0 Å². The second-order valence-electron chi connectivity index (χ2n) is 1.87. The van der Waals surface area contributed by atoms with Crippen LogP contribution in [-0.2, 0) is 14.5 Å². The Balaban J connectivity index is 2.53. The number of hydrogen-bond acceptors (Lipinski definition) is 4. The molecule has 0 aromatic heterocycles. The van der Waals surface area contributed by atoms with Crippen LogP contribution in [0.5, 0.6) is 0 Å². The van der Waals surface area contributed by atoms with Gasteiger partial charge in [0.05, 0.1) is 0 Å². The molecule has 0 aliphatic carbocycles. The third kappa shape index (κ3) is 1.09. The summed E-state index contributed by atoms with van der Waals surface area (Å²) in [5, 5.41) is 8.11. The van der Waals surface area contributed by atoms with Crippen molar-refractivity contribution >= 4 is 6.16 Å². The zero-order valence-corrected chi connectivity index (χ0v) is 5.29. The van der Waals surface area contributed by atoms with Crippen LogP contribution in [0.15, 0.2) is 12.2 Å². The molecule has 1 aliphatic rings. The van der Waals surface area contributed by atoms with Gasteiger partial charge >= 0.3 is 12.1 Å². The second kappa shape index (κ2) is 1.96. The van der Waals surface area contributed by atoms with Gasteiger partial charge < -0.3 is 9.84 Å². The molecule has 1 fully saturated rings. The Bertz CT molecular complexity index is 180. The van der Waals surface area contributed by atoms with Gasteiger partial charge in [0.2, 0.25) is 0 Å². The summed E-state index contributed by atoms with van der Waals surface area (Å²) < 4.78 is 4.18. The lowest BCUT2D eigenvalue weighted by Gasteiger charge is -2.02. The number of carboxylic acid groups (broad SMARTS) is 1. The number of carbonyl (C=O) groups is 1. The molecule has 10 heavy (non-hydrogen) atoms. The first-order valence-corrected chi connectivity index (χ1v) is 2.51. The fraction of sp³-hybridized carbons (Fsp3) is 0.400. The summed E-state index contributed by atoms with van der Waals surface area (Å²) in [7, 11) is 0. The van der Waals surface area contributed by atoms with Crippen LogP contribution >= 0.6 is 0 Å². The fourth-order valence-electron chi connectivity index (χ4n) is 0.416. The average Bonchev–Trinajstić information content (AvgIpc) is 2.46. The van der Waals surface area contributed by atoms with Crippen LogP contribution < -0.4 is 0 Å². The summed E-state index contributed by atoms with van der Waals surface area (Å²) >= 11 is 0. The highest BCUT2D eigenvalue weighted by Gasteiger charge is 2.55. The van der Waals surface area contributed by atoms with Crippen molar-refractivity contribution in [1.82, 2.24) is 0 Å². The lowest BCUT2D eigenvalue weighted by Crippen LogP contribution is -2.20. The summed E-state index contributed by atoms with van der Waals surface area (Å²) in [6.45, 7) is 4.94. The quantitative estimate of drug-likeness (QED) is 0.271. The molecule has 0 spiro atoms. The van der Waals surface area contributed by atoms with Gasteiger partial charge in [-0.2, -0.15) is 0 Å².